The lowest BCUT2D eigenvalue weighted by Gasteiger charge is -2.08. The second-order valence-corrected chi connectivity index (χ2v) is 4.80. The highest BCUT2D eigenvalue weighted by Gasteiger charge is 2.18. The van der Waals surface area contributed by atoms with E-state index >= 15 is 0 Å². The molecule has 6 heteroatoms. The van der Waals surface area contributed by atoms with E-state index in [1.807, 2.05) is 59.2 Å². The normalized spacial score (nSPS) is 10.6. The summed E-state index contributed by atoms with van der Waals surface area (Å²) in [4.78, 5) is 13.2. The Morgan fingerprint density at radius 2 is 1.09 bits per heavy atom. The molecule has 0 spiro atoms. The average Bonchev–Trinajstić information content (AvgIpc) is 3.09. The molecule has 0 aromatic carbocycles. The minimum absolute atomic E-state index is 0.630. The molecule has 4 rings (SSSR count). The van der Waals surface area contributed by atoms with Gasteiger partial charge in [-0.3, -0.25) is 14.5 Å². The second-order valence-electron chi connectivity index (χ2n) is 4.80. The van der Waals surface area contributed by atoms with Crippen molar-refractivity contribution in [3.05, 3.63) is 73.2 Å². The van der Waals surface area contributed by atoms with E-state index in [1.165, 1.54) is 0 Å². The minimum atomic E-state index is 0.630. The van der Waals surface area contributed by atoms with E-state index in [0.29, 0.717) is 11.6 Å². The van der Waals surface area contributed by atoms with Crippen molar-refractivity contribution in [2.45, 2.75) is 0 Å². The number of rotatable bonds is 3. The van der Waals surface area contributed by atoms with Crippen LogP contribution >= 0.6 is 0 Å². The zero-order valence-corrected chi connectivity index (χ0v) is 12.1. The van der Waals surface area contributed by atoms with Gasteiger partial charge in [0, 0.05) is 18.6 Å². The molecule has 0 fully saturated rings. The Bertz CT molecular complexity index is 847. The van der Waals surface area contributed by atoms with E-state index in [2.05, 4.69) is 25.1 Å². The summed E-state index contributed by atoms with van der Waals surface area (Å²) in [7, 11) is 0. The molecule has 0 aliphatic carbocycles. The maximum absolute atomic E-state index is 4.42. The van der Waals surface area contributed by atoms with Gasteiger partial charge < -0.3 is 0 Å². The number of hydrogen-bond donors (Lipinski definition) is 0. The van der Waals surface area contributed by atoms with Crippen LogP contribution < -0.4 is 0 Å². The third kappa shape index (κ3) is 2.46. The van der Waals surface area contributed by atoms with E-state index in [4.69, 9.17) is 0 Å². The molecule has 0 saturated heterocycles. The van der Waals surface area contributed by atoms with E-state index in [1.54, 1.807) is 18.6 Å². The molecule has 0 amide bonds. The van der Waals surface area contributed by atoms with Crippen molar-refractivity contribution in [2.75, 3.05) is 0 Å². The predicted molar refractivity (Wildman–Crippen MR) is 85.6 cm³/mol. The lowest BCUT2D eigenvalue weighted by molar-refractivity contribution is 0.991. The van der Waals surface area contributed by atoms with E-state index in [-0.39, 0.29) is 0 Å². The summed E-state index contributed by atoms with van der Waals surface area (Å²) >= 11 is 0. The fraction of sp³-hybridized carbons (Fsp3) is 0. The van der Waals surface area contributed by atoms with Crippen molar-refractivity contribution in [1.29, 1.82) is 0 Å². The lowest BCUT2D eigenvalue weighted by atomic mass is 10.3. The van der Waals surface area contributed by atoms with Crippen molar-refractivity contribution in [3.8, 4) is 28.9 Å². The number of pyridine rings is 3. The maximum atomic E-state index is 4.42. The van der Waals surface area contributed by atoms with Gasteiger partial charge in [-0.25, -0.2) is 4.98 Å². The van der Waals surface area contributed by atoms with Crippen LogP contribution in [0, 0.1) is 0 Å². The van der Waals surface area contributed by atoms with Gasteiger partial charge in [-0.15, -0.1) is 10.2 Å². The molecule has 4 aromatic rings. The monoisotopic (exact) mass is 300 g/mol. The van der Waals surface area contributed by atoms with E-state index < -0.39 is 0 Å². The van der Waals surface area contributed by atoms with Crippen LogP contribution in [0.4, 0.5) is 0 Å². The van der Waals surface area contributed by atoms with Crippen molar-refractivity contribution in [2.24, 2.45) is 0 Å². The molecule has 4 aromatic heterocycles. The first kappa shape index (κ1) is 13.3. The summed E-state index contributed by atoms with van der Waals surface area (Å²) in [5, 5.41) is 8.62. The molecule has 0 aliphatic rings. The molecule has 110 valence electrons. The Hall–Kier alpha value is -3.41. The smallest absolute Gasteiger partial charge is 0.188 e. The highest BCUT2D eigenvalue weighted by molar-refractivity contribution is 5.61. The van der Waals surface area contributed by atoms with Crippen LogP contribution in [0.5, 0.6) is 0 Å². The topological polar surface area (TPSA) is 69.4 Å². The van der Waals surface area contributed by atoms with Crippen LogP contribution in [0.25, 0.3) is 28.9 Å². The highest BCUT2D eigenvalue weighted by Crippen LogP contribution is 2.25. The molecule has 0 aliphatic heterocycles. The molecule has 6 nitrogen and oxygen atoms in total. The fourth-order valence-electron chi connectivity index (χ4n) is 2.31. The number of hydrogen-bond acceptors (Lipinski definition) is 5. The Balaban J connectivity index is 1.97. The first-order valence-electron chi connectivity index (χ1n) is 7.13. The van der Waals surface area contributed by atoms with Crippen molar-refractivity contribution in [1.82, 2.24) is 29.7 Å². The van der Waals surface area contributed by atoms with Gasteiger partial charge in [0.2, 0.25) is 0 Å². The van der Waals surface area contributed by atoms with Crippen LogP contribution in [-0.4, -0.2) is 29.7 Å². The Labute approximate surface area is 132 Å². The zero-order chi connectivity index (χ0) is 15.5. The van der Waals surface area contributed by atoms with Gasteiger partial charge in [0.1, 0.15) is 17.2 Å². The average molecular weight is 300 g/mol. The molecule has 0 bridgehead atoms. The van der Waals surface area contributed by atoms with Gasteiger partial charge in [-0.2, -0.15) is 0 Å². The molecule has 0 radical (unpaired) electrons. The van der Waals surface area contributed by atoms with Gasteiger partial charge in [0.15, 0.2) is 11.6 Å². The summed E-state index contributed by atoms with van der Waals surface area (Å²) in [6.45, 7) is 0. The minimum Gasteiger partial charge on any atom is -0.256 e. The summed E-state index contributed by atoms with van der Waals surface area (Å²) in [6, 6.07) is 17.1. The first-order chi connectivity index (χ1) is 11.4. The van der Waals surface area contributed by atoms with Gasteiger partial charge >= 0.3 is 0 Å². The van der Waals surface area contributed by atoms with Crippen molar-refractivity contribution < 1.29 is 0 Å². The van der Waals surface area contributed by atoms with Crippen molar-refractivity contribution >= 4 is 0 Å². The fourth-order valence-corrected chi connectivity index (χ4v) is 2.31. The molecule has 23 heavy (non-hydrogen) atoms. The quantitative estimate of drug-likeness (QED) is 0.582. The van der Waals surface area contributed by atoms with Crippen LogP contribution in [0.15, 0.2) is 73.2 Å². The molecule has 0 N–H and O–H groups in total. The van der Waals surface area contributed by atoms with Crippen molar-refractivity contribution in [3.63, 3.8) is 0 Å². The molecular formula is C17H12N6. The van der Waals surface area contributed by atoms with Gasteiger partial charge in [0.05, 0.1) is 0 Å². The third-order valence-electron chi connectivity index (χ3n) is 3.33. The van der Waals surface area contributed by atoms with E-state index in [9.17, 15) is 0 Å². The molecule has 0 atom stereocenters. The largest absolute Gasteiger partial charge is 0.256 e. The Morgan fingerprint density at radius 3 is 1.52 bits per heavy atom. The SMILES string of the molecule is c1ccc(-c2nnc(-c3ccccn3)n2-c2ccccn2)nc1. The molecular weight excluding hydrogens is 288 g/mol. The van der Waals surface area contributed by atoms with Crippen LogP contribution in [0.2, 0.25) is 0 Å². The molecule has 4 heterocycles. The maximum Gasteiger partial charge on any atom is 0.188 e. The second kappa shape index (κ2) is 5.76. The van der Waals surface area contributed by atoms with Crippen LogP contribution in [-0.2, 0) is 0 Å². The van der Waals surface area contributed by atoms with Gasteiger partial charge in [0.25, 0.3) is 0 Å². The third-order valence-corrected chi connectivity index (χ3v) is 3.33. The first-order valence-corrected chi connectivity index (χ1v) is 7.13. The van der Waals surface area contributed by atoms with E-state index in [0.717, 1.165) is 17.2 Å². The standard InChI is InChI=1S/C17H12N6/c1-4-10-18-13(7-1)16-21-22-17(14-8-2-5-11-19-14)23(16)15-9-3-6-12-20-15/h1-12H. The zero-order valence-electron chi connectivity index (χ0n) is 12.1. The highest BCUT2D eigenvalue weighted by atomic mass is 15.3. The predicted octanol–water partition coefficient (Wildman–Crippen LogP) is 2.79. The number of aromatic nitrogens is 6. The van der Waals surface area contributed by atoms with Gasteiger partial charge in [-0.05, 0) is 36.4 Å². The Morgan fingerprint density at radius 1 is 0.565 bits per heavy atom. The van der Waals surface area contributed by atoms with Gasteiger partial charge in [-0.1, -0.05) is 18.2 Å². The summed E-state index contributed by atoms with van der Waals surface area (Å²) in [5.41, 5.74) is 1.46. The van der Waals surface area contributed by atoms with Crippen LogP contribution in [0.1, 0.15) is 0 Å². The summed E-state index contributed by atoms with van der Waals surface area (Å²) < 4.78 is 1.87. The summed E-state index contributed by atoms with van der Waals surface area (Å²) in [5.74, 6) is 1.98. The molecule has 0 saturated carbocycles. The lowest BCUT2D eigenvalue weighted by Crippen LogP contribution is -2.03. The Kier molecular flexibility index (Phi) is 3.32. The van der Waals surface area contributed by atoms with Crippen LogP contribution in [0.3, 0.4) is 0 Å². The number of nitrogens with zero attached hydrogens (tertiary/aromatic N) is 6. The summed E-state index contributed by atoms with van der Waals surface area (Å²) in [6.07, 6.45) is 5.19. The molecule has 0 unspecified atom stereocenters.